The maximum Gasteiger partial charge on any atom is 0.193 e. The van der Waals surface area contributed by atoms with Gasteiger partial charge in [-0.1, -0.05) is 18.2 Å². The molecule has 0 amide bonds. The van der Waals surface area contributed by atoms with Crippen LogP contribution < -0.4 is 5.32 Å². The Kier molecular flexibility index (Phi) is 12.6. The molecule has 0 spiro atoms. The van der Waals surface area contributed by atoms with Gasteiger partial charge in [0.25, 0.3) is 0 Å². The second-order valence-electron chi connectivity index (χ2n) is 6.48. The van der Waals surface area contributed by atoms with Gasteiger partial charge >= 0.3 is 0 Å². The molecule has 154 valence electrons. The first-order chi connectivity index (χ1) is 12.7. The molecule has 0 aromatic heterocycles. The fourth-order valence-electron chi connectivity index (χ4n) is 3.10. The molecule has 1 aromatic carbocycles. The Morgan fingerprint density at radius 1 is 1.26 bits per heavy atom. The fraction of sp³-hybridized carbons (Fsp3) is 0.650. The van der Waals surface area contributed by atoms with Gasteiger partial charge in [-0.25, -0.2) is 4.39 Å². The second-order valence-corrected chi connectivity index (χ2v) is 6.48. The Morgan fingerprint density at radius 2 is 2.00 bits per heavy atom. The van der Waals surface area contributed by atoms with Gasteiger partial charge in [0.15, 0.2) is 5.96 Å². The van der Waals surface area contributed by atoms with Gasteiger partial charge in [0.1, 0.15) is 5.82 Å². The Morgan fingerprint density at radius 3 is 2.67 bits per heavy atom. The van der Waals surface area contributed by atoms with Crippen molar-refractivity contribution in [3.8, 4) is 0 Å². The fourth-order valence-corrected chi connectivity index (χ4v) is 3.10. The van der Waals surface area contributed by atoms with Crippen LogP contribution in [0.2, 0.25) is 0 Å². The van der Waals surface area contributed by atoms with Crippen LogP contribution in [-0.2, 0) is 15.9 Å². The summed E-state index contributed by atoms with van der Waals surface area (Å²) in [6.45, 7) is 6.84. The van der Waals surface area contributed by atoms with Gasteiger partial charge in [-0.05, 0) is 44.2 Å². The minimum Gasteiger partial charge on any atom is -0.385 e. The van der Waals surface area contributed by atoms with Crippen molar-refractivity contribution in [2.45, 2.75) is 38.7 Å². The van der Waals surface area contributed by atoms with E-state index in [4.69, 9.17) is 14.5 Å². The number of methoxy groups -OCH3 is 1. The number of guanidine groups is 1. The van der Waals surface area contributed by atoms with E-state index in [2.05, 4.69) is 17.1 Å². The maximum atomic E-state index is 13.7. The topological polar surface area (TPSA) is 46.1 Å². The Balaban J connectivity index is 0.00000364. The van der Waals surface area contributed by atoms with Crippen molar-refractivity contribution in [3.63, 3.8) is 0 Å². The number of nitrogens with zero attached hydrogens (tertiary/aromatic N) is 2. The zero-order valence-corrected chi connectivity index (χ0v) is 18.8. The summed E-state index contributed by atoms with van der Waals surface area (Å²) in [5.74, 6) is 0.765. The maximum absolute atomic E-state index is 13.7. The molecular weight excluding hydrogens is 460 g/mol. The lowest BCUT2D eigenvalue weighted by atomic mass is 10.1. The van der Waals surface area contributed by atoms with Crippen molar-refractivity contribution in [1.29, 1.82) is 0 Å². The highest BCUT2D eigenvalue weighted by atomic mass is 127. The molecule has 5 nitrogen and oxygen atoms in total. The van der Waals surface area contributed by atoms with Crippen LogP contribution in [0.1, 0.15) is 31.7 Å². The Bertz CT molecular complexity index is 552. The number of nitrogens with one attached hydrogen (secondary N) is 1. The van der Waals surface area contributed by atoms with Crippen LogP contribution in [-0.4, -0.2) is 63.5 Å². The predicted octanol–water partition coefficient (Wildman–Crippen LogP) is 3.47. The summed E-state index contributed by atoms with van der Waals surface area (Å²) < 4.78 is 24.7. The van der Waals surface area contributed by atoms with E-state index in [1.807, 2.05) is 12.1 Å². The SMILES string of the molecule is CCNC(=NCCc1ccccc1F)N1CCC(OCCCOC)CC1.I. The zero-order valence-electron chi connectivity index (χ0n) is 16.5. The molecule has 1 aromatic rings. The average Bonchev–Trinajstić information content (AvgIpc) is 2.67. The minimum absolute atomic E-state index is 0. The number of rotatable bonds is 9. The van der Waals surface area contributed by atoms with E-state index < -0.39 is 0 Å². The number of ether oxygens (including phenoxy) is 2. The molecule has 1 heterocycles. The predicted molar refractivity (Wildman–Crippen MR) is 119 cm³/mol. The van der Waals surface area contributed by atoms with Crippen LogP contribution in [0.25, 0.3) is 0 Å². The second kappa shape index (κ2) is 14.1. The van der Waals surface area contributed by atoms with E-state index in [0.29, 0.717) is 19.1 Å². The van der Waals surface area contributed by atoms with Gasteiger partial charge in [-0.3, -0.25) is 4.99 Å². The van der Waals surface area contributed by atoms with Gasteiger partial charge in [-0.2, -0.15) is 0 Å². The van der Waals surface area contributed by atoms with Crippen molar-refractivity contribution in [3.05, 3.63) is 35.6 Å². The van der Waals surface area contributed by atoms with Crippen LogP contribution in [0.15, 0.2) is 29.3 Å². The summed E-state index contributed by atoms with van der Waals surface area (Å²) in [7, 11) is 1.71. The lowest BCUT2D eigenvalue weighted by Crippen LogP contribution is -2.47. The highest BCUT2D eigenvalue weighted by Crippen LogP contribution is 2.14. The molecule has 1 aliphatic rings. The summed E-state index contributed by atoms with van der Waals surface area (Å²) in [5.41, 5.74) is 0.718. The van der Waals surface area contributed by atoms with Gasteiger partial charge in [0.05, 0.1) is 6.10 Å². The van der Waals surface area contributed by atoms with E-state index >= 15 is 0 Å². The summed E-state index contributed by atoms with van der Waals surface area (Å²) in [6.07, 6.45) is 3.89. The standard InChI is InChI=1S/C20H32FN3O2.HI/c1-3-22-20(23-12-9-17-7-4-5-8-19(17)21)24-13-10-18(11-14-24)26-16-6-15-25-2;/h4-5,7-8,18H,3,6,9-16H2,1-2H3,(H,22,23);1H. The zero-order chi connectivity index (χ0) is 18.6. The highest BCUT2D eigenvalue weighted by molar-refractivity contribution is 14.0. The van der Waals surface area contributed by atoms with E-state index in [0.717, 1.165) is 63.6 Å². The molecule has 0 saturated carbocycles. The molecule has 1 N–H and O–H groups in total. The number of piperidine rings is 1. The number of halogens is 2. The van der Waals surface area contributed by atoms with Gasteiger partial charge in [0, 0.05) is 46.5 Å². The lowest BCUT2D eigenvalue weighted by molar-refractivity contribution is 0.00991. The molecule has 0 aliphatic carbocycles. The van der Waals surface area contributed by atoms with Crippen molar-refractivity contribution in [2.24, 2.45) is 4.99 Å². The Hall–Kier alpha value is -0.930. The van der Waals surface area contributed by atoms with Crippen LogP contribution in [0.5, 0.6) is 0 Å². The van der Waals surface area contributed by atoms with Crippen LogP contribution in [0.4, 0.5) is 4.39 Å². The van der Waals surface area contributed by atoms with Crippen molar-refractivity contribution in [1.82, 2.24) is 10.2 Å². The largest absolute Gasteiger partial charge is 0.385 e. The van der Waals surface area contributed by atoms with E-state index in [1.54, 1.807) is 13.2 Å². The van der Waals surface area contributed by atoms with Crippen LogP contribution in [0, 0.1) is 5.82 Å². The summed E-state index contributed by atoms with van der Waals surface area (Å²) in [6, 6.07) is 6.91. The molecule has 1 saturated heterocycles. The number of benzene rings is 1. The Labute approximate surface area is 179 Å². The first-order valence-electron chi connectivity index (χ1n) is 9.61. The number of likely N-dealkylation sites (tertiary alicyclic amines) is 1. The third kappa shape index (κ3) is 8.74. The van der Waals surface area contributed by atoms with Crippen molar-refractivity contribution < 1.29 is 13.9 Å². The summed E-state index contributed by atoms with van der Waals surface area (Å²) in [5, 5.41) is 3.35. The van der Waals surface area contributed by atoms with Crippen molar-refractivity contribution in [2.75, 3.05) is 46.5 Å². The molecule has 1 aliphatic heterocycles. The van der Waals surface area contributed by atoms with Crippen LogP contribution >= 0.6 is 24.0 Å². The smallest absolute Gasteiger partial charge is 0.193 e. The molecule has 0 unspecified atom stereocenters. The first kappa shape index (κ1) is 24.1. The van der Waals surface area contributed by atoms with Gasteiger partial charge < -0.3 is 19.7 Å². The quantitative estimate of drug-likeness (QED) is 0.248. The average molecular weight is 493 g/mol. The number of hydrogen-bond acceptors (Lipinski definition) is 3. The monoisotopic (exact) mass is 493 g/mol. The third-order valence-electron chi connectivity index (χ3n) is 4.52. The van der Waals surface area contributed by atoms with Gasteiger partial charge in [-0.15, -0.1) is 24.0 Å². The first-order valence-corrected chi connectivity index (χ1v) is 9.61. The summed E-state index contributed by atoms with van der Waals surface area (Å²) in [4.78, 5) is 6.97. The molecule has 27 heavy (non-hydrogen) atoms. The number of aliphatic imine (C=N–C) groups is 1. The highest BCUT2D eigenvalue weighted by Gasteiger charge is 2.21. The molecule has 7 heteroatoms. The normalized spacial score (nSPS) is 15.5. The molecule has 0 atom stereocenters. The van der Waals surface area contributed by atoms with Gasteiger partial charge in [0.2, 0.25) is 0 Å². The summed E-state index contributed by atoms with van der Waals surface area (Å²) >= 11 is 0. The molecule has 0 radical (unpaired) electrons. The molecular formula is C20H33FIN3O2. The molecule has 0 bridgehead atoms. The molecule has 2 rings (SSSR count). The third-order valence-corrected chi connectivity index (χ3v) is 4.52. The van der Waals surface area contributed by atoms with Crippen molar-refractivity contribution >= 4 is 29.9 Å². The molecule has 1 fully saturated rings. The van der Waals surface area contributed by atoms with E-state index in [1.165, 1.54) is 6.07 Å². The number of hydrogen-bond donors (Lipinski definition) is 1. The van der Waals surface area contributed by atoms with E-state index in [9.17, 15) is 4.39 Å². The van der Waals surface area contributed by atoms with E-state index in [-0.39, 0.29) is 29.8 Å². The lowest BCUT2D eigenvalue weighted by Gasteiger charge is -2.34. The van der Waals surface area contributed by atoms with Crippen LogP contribution in [0.3, 0.4) is 0 Å². The minimum atomic E-state index is -0.154.